The van der Waals surface area contributed by atoms with Crippen LogP contribution in [0, 0.1) is 5.92 Å². The molecule has 112 valence electrons. The van der Waals surface area contributed by atoms with Crippen molar-refractivity contribution in [3.63, 3.8) is 0 Å². The minimum Gasteiger partial charge on any atom is -0.493 e. The Morgan fingerprint density at radius 1 is 1.38 bits per heavy atom. The standard InChI is InChI=1S/C17H23N3O/c1-3-18-16(11-15-8-9-20(2)19-15)14-10-13-6-4-5-7-17(13)21-12-14/h4-9,14,16,18H,3,10-12H2,1-2H3. The van der Waals surface area contributed by atoms with E-state index in [1.54, 1.807) is 0 Å². The van der Waals surface area contributed by atoms with Gasteiger partial charge >= 0.3 is 0 Å². The average molecular weight is 285 g/mol. The third-order valence-corrected chi connectivity index (χ3v) is 4.14. The summed E-state index contributed by atoms with van der Waals surface area (Å²) in [4.78, 5) is 0. The predicted octanol–water partition coefficient (Wildman–Crippen LogP) is 2.19. The quantitative estimate of drug-likeness (QED) is 0.915. The summed E-state index contributed by atoms with van der Waals surface area (Å²) in [5.74, 6) is 1.53. The molecule has 0 saturated heterocycles. The Balaban J connectivity index is 1.72. The van der Waals surface area contributed by atoms with Crippen LogP contribution in [0.4, 0.5) is 0 Å². The van der Waals surface area contributed by atoms with Crippen molar-refractivity contribution in [1.82, 2.24) is 15.1 Å². The highest BCUT2D eigenvalue weighted by Gasteiger charge is 2.27. The van der Waals surface area contributed by atoms with E-state index in [2.05, 4.69) is 41.6 Å². The van der Waals surface area contributed by atoms with E-state index in [0.717, 1.165) is 37.4 Å². The summed E-state index contributed by atoms with van der Waals surface area (Å²) in [6, 6.07) is 10.9. The van der Waals surface area contributed by atoms with Crippen molar-refractivity contribution in [3.05, 3.63) is 47.8 Å². The van der Waals surface area contributed by atoms with Gasteiger partial charge in [0.15, 0.2) is 0 Å². The molecule has 3 rings (SSSR count). The number of ether oxygens (including phenoxy) is 1. The summed E-state index contributed by atoms with van der Waals surface area (Å²) in [6.45, 7) is 3.90. The second kappa shape index (κ2) is 6.31. The number of likely N-dealkylation sites (N-methyl/N-ethyl adjacent to an activating group) is 1. The van der Waals surface area contributed by atoms with Crippen LogP contribution in [0.1, 0.15) is 18.2 Å². The van der Waals surface area contributed by atoms with Crippen molar-refractivity contribution >= 4 is 0 Å². The lowest BCUT2D eigenvalue weighted by Gasteiger charge is -2.32. The second-order valence-electron chi connectivity index (χ2n) is 5.73. The van der Waals surface area contributed by atoms with Gasteiger partial charge in [-0.05, 0) is 30.7 Å². The van der Waals surface area contributed by atoms with Gasteiger partial charge in [0.25, 0.3) is 0 Å². The van der Waals surface area contributed by atoms with Crippen LogP contribution in [0.5, 0.6) is 5.75 Å². The van der Waals surface area contributed by atoms with E-state index < -0.39 is 0 Å². The Morgan fingerprint density at radius 3 is 3.00 bits per heavy atom. The Labute approximate surface area is 126 Å². The number of hydrogen-bond donors (Lipinski definition) is 1. The number of para-hydroxylation sites is 1. The Kier molecular flexibility index (Phi) is 4.25. The summed E-state index contributed by atoms with van der Waals surface area (Å²) in [6.07, 6.45) is 4.02. The maximum Gasteiger partial charge on any atom is 0.122 e. The van der Waals surface area contributed by atoms with E-state index in [1.807, 2.05) is 24.0 Å². The molecule has 0 aliphatic carbocycles. The lowest BCUT2D eigenvalue weighted by atomic mass is 9.88. The van der Waals surface area contributed by atoms with Crippen molar-refractivity contribution in [2.24, 2.45) is 13.0 Å². The minimum absolute atomic E-state index is 0.401. The molecule has 4 nitrogen and oxygen atoms in total. The first-order valence-electron chi connectivity index (χ1n) is 7.69. The van der Waals surface area contributed by atoms with Gasteiger partial charge < -0.3 is 10.1 Å². The molecular formula is C17H23N3O. The maximum absolute atomic E-state index is 5.94. The molecule has 0 spiro atoms. The average Bonchev–Trinajstić information content (AvgIpc) is 2.91. The molecule has 0 fully saturated rings. The molecule has 4 heteroatoms. The number of rotatable bonds is 5. The third-order valence-electron chi connectivity index (χ3n) is 4.14. The molecule has 2 atom stereocenters. The fourth-order valence-electron chi connectivity index (χ4n) is 3.07. The summed E-state index contributed by atoms with van der Waals surface area (Å²) < 4.78 is 7.81. The highest BCUT2D eigenvalue weighted by Crippen LogP contribution is 2.29. The van der Waals surface area contributed by atoms with Crippen LogP contribution in [-0.2, 0) is 19.9 Å². The number of benzene rings is 1. The van der Waals surface area contributed by atoms with E-state index in [9.17, 15) is 0 Å². The first-order chi connectivity index (χ1) is 10.3. The monoisotopic (exact) mass is 285 g/mol. The zero-order valence-corrected chi connectivity index (χ0v) is 12.7. The minimum atomic E-state index is 0.401. The Bertz CT molecular complexity index is 593. The SMILES string of the molecule is CCNC(Cc1ccn(C)n1)C1COc2ccccc2C1. The van der Waals surface area contributed by atoms with Crippen molar-refractivity contribution in [2.45, 2.75) is 25.8 Å². The summed E-state index contributed by atoms with van der Waals surface area (Å²) in [5, 5.41) is 8.12. The molecule has 0 amide bonds. The third kappa shape index (κ3) is 3.27. The number of nitrogens with one attached hydrogen (secondary N) is 1. The largest absolute Gasteiger partial charge is 0.493 e. The van der Waals surface area contributed by atoms with Gasteiger partial charge in [-0.1, -0.05) is 25.1 Å². The molecule has 1 aliphatic rings. The Morgan fingerprint density at radius 2 is 2.24 bits per heavy atom. The molecule has 2 aromatic rings. The lowest BCUT2D eigenvalue weighted by molar-refractivity contribution is 0.183. The van der Waals surface area contributed by atoms with Crippen LogP contribution in [0.25, 0.3) is 0 Å². The molecule has 0 bridgehead atoms. The van der Waals surface area contributed by atoms with E-state index in [-0.39, 0.29) is 0 Å². The first kappa shape index (κ1) is 14.1. The van der Waals surface area contributed by atoms with E-state index in [1.165, 1.54) is 5.56 Å². The second-order valence-corrected chi connectivity index (χ2v) is 5.73. The zero-order chi connectivity index (χ0) is 14.7. The molecule has 1 aromatic heterocycles. The molecule has 0 saturated carbocycles. The van der Waals surface area contributed by atoms with Crippen molar-refractivity contribution in [3.8, 4) is 5.75 Å². The molecule has 2 unspecified atom stereocenters. The summed E-state index contributed by atoms with van der Waals surface area (Å²) in [5.41, 5.74) is 2.46. The highest BCUT2D eigenvalue weighted by atomic mass is 16.5. The lowest BCUT2D eigenvalue weighted by Crippen LogP contribution is -2.43. The summed E-state index contributed by atoms with van der Waals surface area (Å²) >= 11 is 0. The highest BCUT2D eigenvalue weighted by molar-refractivity contribution is 5.35. The molecule has 1 aliphatic heterocycles. The van der Waals surface area contributed by atoms with Gasteiger partial charge in [-0.15, -0.1) is 0 Å². The van der Waals surface area contributed by atoms with Crippen LogP contribution in [0.2, 0.25) is 0 Å². The first-order valence-corrected chi connectivity index (χ1v) is 7.69. The maximum atomic E-state index is 5.94. The Hall–Kier alpha value is -1.81. The fraction of sp³-hybridized carbons (Fsp3) is 0.471. The van der Waals surface area contributed by atoms with E-state index >= 15 is 0 Å². The van der Waals surface area contributed by atoms with Gasteiger partial charge in [0, 0.05) is 31.6 Å². The molecular weight excluding hydrogens is 262 g/mol. The van der Waals surface area contributed by atoms with E-state index in [0.29, 0.717) is 12.0 Å². The number of aromatic nitrogens is 2. The molecule has 2 heterocycles. The molecule has 1 N–H and O–H groups in total. The molecule has 21 heavy (non-hydrogen) atoms. The van der Waals surface area contributed by atoms with Crippen LogP contribution in [0.15, 0.2) is 36.5 Å². The number of nitrogens with zero attached hydrogens (tertiary/aromatic N) is 2. The van der Waals surface area contributed by atoms with Gasteiger partial charge in [-0.2, -0.15) is 5.10 Å². The van der Waals surface area contributed by atoms with Gasteiger partial charge in [0.05, 0.1) is 12.3 Å². The van der Waals surface area contributed by atoms with Crippen LogP contribution in [0.3, 0.4) is 0 Å². The van der Waals surface area contributed by atoms with Crippen LogP contribution >= 0.6 is 0 Å². The fourth-order valence-corrected chi connectivity index (χ4v) is 3.07. The van der Waals surface area contributed by atoms with Gasteiger partial charge in [-0.3, -0.25) is 4.68 Å². The summed E-state index contributed by atoms with van der Waals surface area (Å²) in [7, 11) is 1.96. The predicted molar refractivity (Wildman–Crippen MR) is 83.5 cm³/mol. The van der Waals surface area contributed by atoms with Crippen LogP contribution in [-0.4, -0.2) is 29.0 Å². The van der Waals surface area contributed by atoms with E-state index in [4.69, 9.17) is 4.74 Å². The van der Waals surface area contributed by atoms with Crippen molar-refractivity contribution < 1.29 is 4.74 Å². The number of aryl methyl sites for hydroxylation is 1. The topological polar surface area (TPSA) is 39.1 Å². The normalized spacial score (nSPS) is 18.9. The smallest absolute Gasteiger partial charge is 0.122 e. The number of hydrogen-bond acceptors (Lipinski definition) is 3. The molecule has 0 radical (unpaired) electrons. The van der Waals surface area contributed by atoms with Gasteiger partial charge in [0.2, 0.25) is 0 Å². The van der Waals surface area contributed by atoms with Crippen molar-refractivity contribution in [1.29, 1.82) is 0 Å². The van der Waals surface area contributed by atoms with Gasteiger partial charge in [-0.25, -0.2) is 0 Å². The van der Waals surface area contributed by atoms with Crippen molar-refractivity contribution in [2.75, 3.05) is 13.2 Å². The molecule has 1 aromatic carbocycles. The number of fused-ring (bicyclic) bond motifs is 1. The zero-order valence-electron chi connectivity index (χ0n) is 12.7. The van der Waals surface area contributed by atoms with Gasteiger partial charge in [0.1, 0.15) is 5.75 Å². The van der Waals surface area contributed by atoms with Crippen LogP contribution < -0.4 is 10.1 Å².